The Labute approximate surface area is 254 Å². The van der Waals surface area contributed by atoms with Crippen molar-refractivity contribution in [1.29, 1.82) is 0 Å². The molecule has 6 atom stereocenters. The fourth-order valence-electron chi connectivity index (χ4n) is 4.59. The number of hydrogen-bond donors (Lipinski definition) is 10. The molecule has 0 saturated carbocycles. The summed E-state index contributed by atoms with van der Waals surface area (Å²) in [5.41, 5.74) is 10.8. The second-order valence-electron chi connectivity index (χ2n) is 11.5. The monoisotopic (exact) mass is 626 g/mol. The van der Waals surface area contributed by atoms with E-state index in [1.165, 1.54) is 6.92 Å². The molecular formula is C26H46N10O8. The van der Waals surface area contributed by atoms with Gasteiger partial charge in [-0.2, -0.15) is 9.97 Å². The number of rotatable bonds is 5. The summed E-state index contributed by atoms with van der Waals surface area (Å²) in [6.45, 7) is 11.8. The van der Waals surface area contributed by atoms with Crippen LogP contribution in [0.2, 0.25) is 0 Å². The van der Waals surface area contributed by atoms with Crippen LogP contribution in [-0.4, -0.2) is 106 Å². The van der Waals surface area contributed by atoms with Crippen LogP contribution in [0.5, 0.6) is 0 Å². The third-order valence-electron chi connectivity index (χ3n) is 7.15. The number of fused-ring (bicyclic) bond motifs is 2. The number of aromatic nitrogens is 4. The predicted molar refractivity (Wildman–Crippen MR) is 166 cm³/mol. The first-order valence-corrected chi connectivity index (χ1v) is 14.1. The number of anilines is 6. The molecule has 3 aliphatic rings. The van der Waals surface area contributed by atoms with Gasteiger partial charge in [-0.25, -0.2) is 0 Å². The van der Waals surface area contributed by atoms with Crippen molar-refractivity contribution < 1.29 is 29.2 Å². The molecule has 0 unspecified atom stereocenters. The summed E-state index contributed by atoms with van der Waals surface area (Å²) in [4.78, 5) is 36.3. The van der Waals surface area contributed by atoms with Crippen LogP contribution in [0.25, 0.3) is 0 Å². The fraction of sp³-hybridized carbons (Fsp3) is 0.692. The van der Waals surface area contributed by atoms with E-state index in [4.69, 9.17) is 30.4 Å². The van der Waals surface area contributed by atoms with Gasteiger partial charge in [0.25, 0.3) is 11.1 Å². The Hall–Kier alpha value is -3.68. The Bertz CT molecular complexity index is 1380. The molecular weight excluding hydrogens is 580 g/mol. The van der Waals surface area contributed by atoms with Gasteiger partial charge in [-0.05, 0) is 41.5 Å². The topological polar surface area (TPSA) is 269 Å². The number of nitrogens with one attached hydrogen (secondary N) is 6. The van der Waals surface area contributed by atoms with Crippen molar-refractivity contribution in [3.05, 3.63) is 20.7 Å². The molecule has 2 aromatic rings. The van der Waals surface area contributed by atoms with E-state index in [1.54, 1.807) is 14.2 Å². The van der Waals surface area contributed by atoms with Gasteiger partial charge in [0.1, 0.15) is 23.6 Å². The molecule has 1 fully saturated rings. The smallest absolute Gasteiger partial charge is 0.277 e. The molecule has 0 spiro atoms. The number of hydrogen-bond acceptors (Lipinski definition) is 16. The molecule has 18 nitrogen and oxygen atoms in total. The highest BCUT2D eigenvalue weighted by atomic mass is 16.8. The van der Waals surface area contributed by atoms with Crippen LogP contribution in [0.3, 0.4) is 0 Å². The van der Waals surface area contributed by atoms with Gasteiger partial charge in [0.15, 0.2) is 23.2 Å². The first-order valence-electron chi connectivity index (χ1n) is 14.1. The Morgan fingerprint density at radius 1 is 0.932 bits per heavy atom. The van der Waals surface area contributed by atoms with Gasteiger partial charge >= 0.3 is 0 Å². The van der Waals surface area contributed by atoms with E-state index in [0.717, 1.165) is 0 Å². The highest BCUT2D eigenvalue weighted by Crippen LogP contribution is 2.32. The predicted octanol–water partition coefficient (Wildman–Crippen LogP) is -0.587. The summed E-state index contributed by atoms with van der Waals surface area (Å²) in [7, 11) is 3.23. The lowest BCUT2D eigenvalue weighted by atomic mass is 10.0. The molecule has 0 radical (unpaired) electrons. The van der Waals surface area contributed by atoms with Gasteiger partial charge < -0.3 is 61.9 Å². The van der Waals surface area contributed by atoms with Crippen LogP contribution in [-0.2, 0) is 18.9 Å². The van der Waals surface area contributed by atoms with Crippen molar-refractivity contribution in [2.75, 3.05) is 60.0 Å². The Morgan fingerprint density at radius 2 is 1.43 bits per heavy atom. The van der Waals surface area contributed by atoms with Crippen molar-refractivity contribution in [1.82, 2.24) is 19.9 Å². The summed E-state index contributed by atoms with van der Waals surface area (Å²) in [5, 5.41) is 31.0. The van der Waals surface area contributed by atoms with Gasteiger partial charge in [0.05, 0.1) is 24.3 Å². The zero-order chi connectivity index (χ0) is 33.0. The number of ether oxygens (including phenoxy) is 4. The molecule has 3 aliphatic heterocycles. The van der Waals surface area contributed by atoms with Gasteiger partial charge in [0.2, 0.25) is 11.9 Å². The molecule has 0 aromatic carbocycles. The van der Waals surface area contributed by atoms with Gasteiger partial charge in [-0.15, -0.1) is 0 Å². The molecule has 5 rings (SSSR count). The standard InChI is InChI=1S/C12H19N5O3.C9H15N5O3.C5H12O2/c1-5-8(20-12(2,3)19-5)6-4-14-9-7(15-6)10(18)17-11(13)16-9;1-3(15)6(16)4-2-11-7-5(12-4)8(17)14-9(10)13-7;1-5(2,6-3)7-4/h5-6,8,15H,4H2,1-3H3,(H4,13,14,16,17,18);3-4,6,12,15-16H,2H2,1H3,(H4,10,11,13,14,17);1-4H3/t5-,6-,8+;3-,4+,6-;/m10./s1. The maximum atomic E-state index is 11.9. The lowest BCUT2D eigenvalue weighted by molar-refractivity contribution is -0.178. The van der Waals surface area contributed by atoms with E-state index in [9.17, 15) is 19.8 Å². The average Bonchev–Trinajstić information content (AvgIpc) is 3.24. The summed E-state index contributed by atoms with van der Waals surface area (Å²) in [6.07, 6.45) is -2.08. The normalized spacial score (nSPS) is 24.6. The SMILES string of the molecule is COC(C)(C)OC.C[C@H](O)[C@H](O)[C@H]1CNc2nc(N)[nH]c(=O)c2N1.C[C@H]1OC(C)(C)O[C@@H]1[C@H]1CNc2nc(N)[nH]c(=O)c2N1. The molecule has 18 heteroatoms. The van der Waals surface area contributed by atoms with E-state index >= 15 is 0 Å². The number of H-pyrrole nitrogens is 2. The Morgan fingerprint density at radius 3 is 1.86 bits per heavy atom. The largest absolute Gasteiger partial charge is 0.391 e. The first kappa shape index (κ1) is 34.8. The molecule has 0 bridgehead atoms. The number of nitrogens with two attached hydrogens (primary N) is 2. The molecule has 5 heterocycles. The maximum Gasteiger partial charge on any atom is 0.277 e. The molecule has 0 aliphatic carbocycles. The minimum absolute atomic E-state index is 0.0255. The Kier molecular flexibility index (Phi) is 11.0. The number of methoxy groups -OCH3 is 2. The van der Waals surface area contributed by atoms with Crippen LogP contribution in [0.1, 0.15) is 41.5 Å². The van der Waals surface area contributed by atoms with E-state index in [2.05, 4.69) is 41.2 Å². The number of nitrogens with zero attached hydrogens (tertiary/aromatic N) is 2. The number of aromatic amines is 2. The lowest BCUT2D eigenvalue weighted by Crippen LogP contribution is -2.48. The number of aliphatic hydroxyl groups excluding tert-OH is 2. The molecule has 248 valence electrons. The van der Waals surface area contributed by atoms with Crippen molar-refractivity contribution in [2.24, 2.45) is 0 Å². The highest BCUT2D eigenvalue weighted by molar-refractivity contribution is 5.68. The van der Waals surface area contributed by atoms with Crippen LogP contribution < -0.4 is 43.9 Å². The number of aliphatic hydroxyl groups is 2. The summed E-state index contributed by atoms with van der Waals surface area (Å²) in [5.74, 6) is -0.0969. The third kappa shape index (κ3) is 8.70. The summed E-state index contributed by atoms with van der Waals surface area (Å²) >= 11 is 0. The quantitative estimate of drug-likeness (QED) is 0.186. The first-order chi connectivity index (χ1) is 20.5. The maximum absolute atomic E-state index is 11.9. The highest BCUT2D eigenvalue weighted by Gasteiger charge is 2.44. The van der Waals surface area contributed by atoms with Crippen molar-refractivity contribution >= 4 is 34.9 Å². The minimum Gasteiger partial charge on any atom is -0.391 e. The summed E-state index contributed by atoms with van der Waals surface area (Å²) < 4.78 is 21.4. The van der Waals surface area contributed by atoms with Gasteiger partial charge in [0, 0.05) is 27.3 Å². The van der Waals surface area contributed by atoms with Crippen molar-refractivity contribution in [3.8, 4) is 0 Å². The minimum atomic E-state index is -0.979. The molecule has 1 saturated heterocycles. The van der Waals surface area contributed by atoms with E-state index in [1.807, 2.05) is 34.6 Å². The lowest BCUT2D eigenvalue weighted by Gasteiger charge is -2.31. The second-order valence-corrected chi connectivity index (χ2v) is 11.5. The molecule has 0 amide bonds. The van der Waals surface area contributed by atoms with Crippen molar-refractivity contribution in [3.63, 3.8) is 0 Å². The zero-order valence-corrected chi connectivity index (χ0v) is 26.3. The van der Waals surface area contributed by atoms with E-state index < -0.39 is 35.4 Å². The summed E-state index contributed by atoms with van der Waals surface area (Å²) in [6, 6.07) is -0.542. The van der Waals surface area contributed by atoms with E-state index in [0.29, 0.717) is 30.4 Å². The molecule has 12 N–H and O–H groups in total. The molecule has 44 heavy (non-hydrogen) atoms. The van der Waals surface area contributed by atoms with Crippen LogP contribution in [0.15, 0.2) is 9.59 Å². The van der Waals surface area contributed by atoms with Gasteiger partial charge in [-0.1, -0.05) is 0 Å². The van der Waals surface area contributed by atoms with Crippen LogP contribution >= 0.6 is 0 Å². The third-order valence-corrected chi connectivity index (χ3v) is 7.15. The average molecular weight is 627 g/mol. The zero-order valence-electron chi connectivity index (χ0n) is 26.3. The fourth-order valence-corrected chi connectivity index (χ4v) is 4.59. The van der Waals surface area contributed by atoms with Crippen LogP contribution in [0.4, 0.5) is 34.9 Å². The van der Waals surface area contributed by atoms with Crippen LogP contribution in [0, 0.1) is 0 Å². The second kappa shape index (κ2) is 14.0. The Balaban J connectivity index is 0.000000201. The van der Waals surface area contributed by atoms with Crippen molar-refractivity contribution in [2.45, 2.75) is 89.6 Å². The molecule has 2 aromatic heterocycles. The van der Waals surface area contributed by atoms with Gasteiger partial charge in [-0.3, -0.25) is 19.6 Å². The number of nitrogen functional groups attached to an aromatic ring is 2. The van der Waals surface area contributed by atoms with E-state index in [-0.39, 0.29) is 41.4 Å².